The van der Waals surface area contributed by atoms with Crippen LogP contribution in [-0.4, -0.2) is 28.4 Å². The molecule has 1 aliphatic heterocycles. The third kappa shape index (κ3) is 1.84. The van der Waals surface area contributed by atoms with Crippen molar-refractivity contribution in [3.8, 4) is 17.2 Å². The Morgan fingerprint density at radius 3 is 2.11 bits per heavy atom. The number of hydrogen-bond donors (Lipinski definition) is 0. The minimum atomic E-state index is -0.428. The van der Waals surface area contributed by atoms with Crippen molar-refractivity contribution in [2.24, 2.45) is 0 Å². The van der Waals surface area contributed by atoms with Crippen LogP contribution >= 0.6 is 15.9 Å². The van der Waals surface area contributed by atoms with Crippen LogP contribution in [0.5, 0.6) is 17.2 Å². The van der Waals surface area contributed by atoms with Crippen LogP contribution in [0.1, 0.15) is 17.4 Å². The van der Waals surface area contributed by atoms with Crippen molar-refractivity contribution in [1.29, 1.82) is 0 Å². The van der Waals surface area contributed by atoms with Gasteiger partial charge in [0.05, 0.1) is 32.4 Å². The maximum atomic E-state index is 5.55. The zero-order valence-corrected chi connectivity index (χ0v) is 12.3. The van der Waals surface area contributed by atoms with E-state index in [4.69, 9.17) is 23.7 Å². The summed E-state index contributed by atoms with van der Waals surface area (Å²) in [5.41, 5.74) is 1.79. The molecule has 0 bridgehead atoms. The normalized spacial score (nSPS) is 17.5. The van der Waals surface area contributed by atoms with Gasteiger partial charge in [0.25, 0.3) is 0 Å². The quantitative estimate of drug-likeness (QED) is 0.854. The van der Waals surface area contributed by atoms with Crippen LogP contribution in [0, 0.1) is 0 Å². The molecular weight excluding hydrogens is 304 g/mol. The van der Waals surface area contributed by atoms with Gasteiger partial charge in [-0.2, -0.15) is 0 Å². The molecule has 5 nitrogen and oxygen atoms in total. The van der Waals surface area contributed by atoms with Crippen LogP contribution in [0.25, 0.3) is 0 Å². The lowest BCUT2D eigenvalue weighted by Crippen LogP contribution is -2.03. The topological polar surface area (TPSA) is 46.2 Å². The maximum Gasteiger partial charge on any atom is 0.204 e. The number of methoxy groups -OCH3 is 4. The second-order valence-electron chi connectivity index (χ2n) is 3.68. The first-order valence-corrected chi connectivity index (χ1v) is 6.13. The lowest BCUT2D eigenvalue weighted by molar-refractivity contribution is -0.118. The Bertz CT molecular complexity index is 461. The van der Waals surface area contributed by atoms with Crippen LogP contribution < -0.4 is 14.2 Å². The molecule has 0 N–H and O–H groups in total. The Kier molecular flexibility index (Phi) is 3.99. The second-order valence-corrected chi connectivity index (χ2v) is 4.48. The van der Waals surface area contributed by atoms with Gasteiger partial charge in [0, 0.05) is 18.2 Å². The molecule has 0 aromatic heterocycles. The van der Waals surface area contributed by atoms with Crippen LogP contribution in [-0.2, 0) is 16.1 Å². The van der Waals surface area contributed by atoms with Crippen LogP contribution in [0.4, 0.5) is 0 Å². The molecule has 0 fully saturated rings. The fraction of sp³-hybridized carbons (Fsp3) is 0.500. The monoisotopic (exact) mass is 318 g/mol. The summed E-state index contributed by atoms with van der Waals surface area (Å²) in [4.78, 5) is 0. The highest BCUT2D eigenvalue weighted by atomic mass is 79.9. The van der Waals surface area contributed by atoms with Crippen LogP contribution in [0.3, 0.4) is 0 Å². The lowest BCUT2D eigenvalue weighted by atomic mass is 10.1. The number of benzene rings is 1. The summed E-state index contributed by atoms with van der Waals surface area (Å²) in [7, 11) is 6.33. The van der Waals surface area contributed by atoms with Crippen molar-refractivity contribution in [3.63, 3.8) is 0 Å². The van der Waals surface area contributed by atoms with Gasteiger partial charge in [-0.25, -0.2) is 0 Å². The van der Waals surface area contributed by atoms with Crippen molar-refractivity contribution in [2.45, 2.75) is 12.9 Å². The molecule has 1 aromatic rings. The largest absolute Gasteiger partial charge is 0.492 e. The number of halogens is 1. The maximum absolute atomic E-state index is 5.55. The SMILES string of the molecule is COc1c(Br)c2c(c(OC)c1OC)COC2OC. The summed E-state index contributed by atoms with van der Waals surface area (Å²) in [6, 6.07) is 0. The molecule has 0 aliphatic carbocycles. The van der Waals surface area contributed by atoms with Gasteiger partial charge in [0.15, 0.2) is 17.8 Å². The molecule has 100 valence electrons. The number of fused-ring (bicyclic) bond motifs is 1. The molecule has 1 heterocycles. The molecule has 1 aliphatic rings. The molecule has 6 heteroatoms. The third-order valence-corrected chi connectivity index (χ3v) is 3.68. The van der Waals surface area contributed by atoms with Gasteiger partial charge in [0.1, 0.15) is 0 Å². The first kappa shape index (κ1) is 13.5. The molecule has 0 spiro atoms. The molecule has 1 atom stereocenters. The van der Waals surface area contributed by atoms with Gasteiger partial charge in [-0.3, -0.25) is 0 Å². The van der Waals surface area contributed by atoms with E-state index in [1.165, 1.54) is 0 Å². The standard InChI is InChI=1S/C12H15BrO5/c1-14-9-6-5-18-12(17-4)7(6)8(13)10(15-2)11(9)16-3/h12H,5H2,1-4H3. The van der Waals surface area contributed by atoms with Gasteiger partial charge in [0.2, 0.25) is 5.75 Å². The molecule has 1 aromatic carbocycles. The third-order valence-electron chi connectivity index (χ3n) is 2.89. The highest BCUT2D eigenvalue weighted by molar-refractivity contribution is 9.10. The predicted octanol–water partition coefficient (Wildman–Crippen LogP) is 2.65. The number of hydrogen-bond acceptors (Lipinski definition) is 5. The molecule has 0 amide bonds. The summed E-state index contributed by atoms with van der Waals surface area (Å²) in [6.07, 6.45) is -0.428. The minimum Gasteiger partial charge on any atom is -0.492 e. The fourth-order valence-corrected chi connectivity index (χ4v) is 2.89. The zero-order valence-electron chi connectivity index (χ0n) is 10.7. The van der Waals surface area contributed by atoms with Crippen molar-refractivity contribution < 1.29 is 23.7 Å². The van der Waals surface area contributed by atoms with Crippen molar-refractivity contribution in [1.82, 2.24) is 0 Å². The van der Waals surface area contributed by atoms with Gasteiger partial charge in [-0.05, 0) is 15.9 Å². The van der Waals surface area contributed by atoms with E-state index in [2.05, 4.69) is 15.9 Å². The zero-order chi connectivity index (χ0) is 13.3. The van der Waals surface area contributed by atoms with E-state index >= 15 is 0 Å². The van der Waals surface area contributed by atoms with Crippen molar-refractivity contribution in [3.05, 3.63) is 15.6 Å². The molecule has 18 heavy (non-hydrogen) atoms. The minimum absolute atomic E-state index is 0.413. The summed E-state index contributed by atoms with van der Waals surface area (Å²) in [5.74, 6) is 1.73. The van der Waals surface area contributed by atoms with E-state index in [0.717, 1.165) is 15.6 Å². The Labute approximate surface area is 114 Å². The summed E-state index contributed by atoms with van der Waals surface area (Å²) >= 11 is 3.51. The van der Waals surface area contributed by atoms with Gasteiger partial charge < -0.3 is 23.7 Å². The highest BCUT2D eigenvalue weighted by Crippen LogP contribution is 2.52. The van der Waals surface area contributed by atoms with E-state index in [9.17, 15) is 0 Å². The Balaban J connectivity index is 2.72. The van der Waals surface area contributed by atoms with Crippen molar-refractivity contribution in [2.75, 3.05) is 28.4 Å². The van der Waals surface area contributed by atoms with Gasteiger partial charge in [-0.15, -0.1) is 0 Å². The number of ether oxygens (including phenoxy) is 5. The second kappa shape index (κ2) is 5.34. The molecule has 2 rings (SSSR count). The predicted molar refractivity (Wildman–Crippen MR) is 68.3 cm³/mol. The molecular formula is C12H15BrO5. The average molecular weight is 319 g/mol. The van der Waals surface area contributed by atoms with Crippen molar-refractivity contribution >= 4 is 15.9 Å². The molecule has 0 radical (unpaired) electrons. The Morgan fingerprint density at radius 1 is 1.00 bits per heavy atom. The summed E-state index contributed by atoms with van der Waals surface area (Å²) in [5, 5.41) is 0. The summed E-state index contributed by atoms with van der Waals surface area (Å²) in [6.45, 7) is 0.413. The average Bonchev–Trinajstić information content (AvgIpc) is 2.82. The van der Waals surface area contributed by atoms with E-state index in [-0.39, 0.29) is 0 Å². The Morgan fingerprint density at radius 2 is 1.61 bits per heavy atom. The van der Waals surface area contributed by atoms with Crippen LogP contribution in [0.2, 0.25) is 0 Å². The van der Waals surface area contributed by atoms with E-state index in [1.807, 2.05) is 0 Å². The fourth-order valence-electron chi connectivity index (χ4n) is 2.12. The molecule has 0 saturated heterocycles. The first-order chi connectivity index (χ1) is 8.69. The molecule has 0 saturated carbocycles. The first-order valence-electron chi connectivity index (χ1n) is 5.34. The van der Waals surface area contributed by atoms with E-state index in [0.29, 0.717) is 23.9 Å². The summed E-state index contributed by atoms with van der Waals surface area (Å²) < 4.78 is 27.7. The van der Waals surface area contributed by atoms with E-state index < -0.39 is 6.29 Å². The van der Waals surface area contributed by atoms with Crippen LogP contribution in [0.15, 0.2) is 4.47 Å². The van der Waals surface area contributed by atoms with E-state index in [1.54, 1.807) is 28.4 Å². The highest BCUT2D eigenvalue weighted by Gasteiger charge is 2.34. The van der Waals surface area contributed by atoms with Gasteiger partial charge >= 0.3 is 0 Å². The van der Waals surface area contributed by atoms with Gasteiger partial charge in [-0.1, -0.05) is 0 Å². The number of rotatable bonds is 4. The smallest absolute Gasteiger partial charge is 0.204 e. The lowest BCUT2D eigenvalue weighted by Gasteiger charge is -2.18. The Hall–Kier alpha value is -0.980. The molecule has 1 unspecified atom stereocenters.